The summed E-state index contributed by atoms with van der Waals surface area (Å²) in [6.45, 7) is 4.30. The number of rotatable bonds is 9. The largest absolute Gasteiger partial charge is 0.497 e. The molecular formula is C33H34N4O6S. The minimum Gasteiger partial charge on any atom is -0.497 e. The first-order valence-electron chi connectivity index (χ1n) is 14.2. The van der Waals surface area contributed by atoms with Crippen molar-refractivity contribution in [3.63, 3.8) is 0 Å². The summed E-state index contributed by atoms with van der Waals surface area (Å²) >= 11 is -2.31. The van der Waals surface area contributed by atoms with Gasteiger partial charge in [-0.15, -0.1) is 4.41 Å². The number of benzene rings is 3. The van der Waals surface area contributed by atoms with Crippen LogP contribution in [0, 0.1) is 11.8 Å². The number of fused-ring (bicyclic) bond motifs is 1. The number of carboxylic acid groups (broad SMARTS) is 1. The molecule has 1 fully saturated rings. The summed E-state index contributed by atoms with van der Waals surface area (Å²) in [6, 6.07) is 22.5. The lowest BCUT2D eigenvalue weighted by Gasteiger charge is -2.41. The van der Waals surface area contributed by atoms with Gasteiger partial charge in [0.1, 0.15) is 5.75 Å². The maximum Gasteiger partial charge on any atom is 0.305 e. The molecule has 228 valence electrons. The molecule has 4 aromatic rings. The van der Waals surface area contributed by atoms with E-state index in [1.54, 1.807) is 23.6 Å². The Morgan fingerprint density at radius 3 is 2.27 bits per heavy atom. The fourth-order valence-corrected chi connectivity index (χ4v) is 6.07. The van der Waals surface area contributed by atoms with Crippen molar-refractivity contribution in [2.75, 3.05) is 38.2 Å². The third kappa shape index (κ3) is 7.35. The van der Waals surface area contributed by atoms with E-state index in [1.165, 1.54) is 4.41 Å². The Morgan fingerprint density at radius 2 is 1.64 bits per heavy atom. The van der Waals surface area contributed by atoms with Gasteiger partial charge in [0.15, 0.2) is 0 Å². The molecule has 0 spiro atoms. The summed E-state index contributed by atoms with van der Waals surface area (Å²) in [5.74, 6) is 6.13. The Bertz CT molecular complexity index is 1770. The van der Waals surface area contributed by atoms with E-state index in [9.17, 15) is 18.4 Å². The first-order chi connectivity index (χ1) is 21.2. The van der Waals surface area contributed by atoms with Crippen molar-refractivity contribution in [1.29, 1.82) is 0 Å². The van der Waals surface area contributed by atoms with E-state index in [0.717, 1.165) is 33.5 Å². The van der Waals surface area contributed by atoms with Gasteiger partial charge < -0.3 is 19.3 Å². The number of pyridine rings is 1. The molecular weight excluding hydrogens is 580 g/mol. The molecule has 3 aromatic carbocycles. The maximum atomic E-state index is 13.3. The number of anilines is 1. The van der Waals surface area contributed by atoms with Crippen LogP contribution in [0.3, 0.4) is 0 Å². The van der Waals surface area contributed by atoms with E-state index in [1.807, 2.05) is 79.0 Å². The average molecular weight is 615 g/mol. The minimum atomic E-state index is -2.31. The van der Waals surface area contributed by atoms with Gasteiger partial charge in [0.05, 0.1) is 20.1 Å². The van der Waals surface area contributed by atoms with Crippen molar-refractivity contribution in [3.05, 3.63) is 106 Å². The molecule has 2 heterocycles. The summed E-state index contributed by atoms with van der Waals surface area (Å²) in [5, 5.41) is 12.3. The lowest BCUT2D eigenvalue weighted by Crippen LogP contribution is -2.57. The van der Waals surface area contributed by atoms with E-state index < -0.39 is 23.3 Å². The number of piperazine rings is 1. The summed E-state index contributed by atoms with van der Waals surface area (Å²) in [7, 11) is 1.62. The van der Waals surface area contributed by atoms with Crippen molar-refractivity contribution in [1.82, 2.24) is 14.0 Å². The van der Waals surface area contributed by atoms with E-state index in [-0.39, 0.29) is 12.0 Å². The molecule has 11 heteroatoms. The SMILES string of the molecule is COc1ccc(Cn2ccc3ccc(C#Cc4ccc(N5CCN(N(C(C)CC(=O)O)S(=O)O)CC5)cc4)cc3c2=O)cc1. The Hall–Kier alpha value is -4.47. The van der Waals surface area contributed by atoms with Crippen LogP contribution in [0.1, 0.15) is 30.0 Å². The van der Waals surface area contributed by atoms with Crippen molar-refractivity contribution >= 4 is 33.7 Å². The highest BCUT2D eigenvalue weighted by molar-refractivity contribution is 7.76. The molecule has 0 aliphatic carbocycles. The Labute approximate surface area is 258 Å². The molecule has 0 amide bonds. The second-order valence-electron chi connectivity index (χ2n) is 10.6. The van der Waals surface area contributed by atoms with Crippen LogP contribution in [0.5, 0.6) is 5.75 Å². The number of carboxylic acids is 1. The van der Waals surface area contributed by atoms with Crippen molar-refractivity contribution in [3.8, 4) is 17.6 Å². The zero-order chi connectivity index (χ0) is 31.2. The molecule has 5 rings (SSSR count). The monoisotopic (exact) mass is 614 g/mol. The Kier molecular flexibility index (Phi) is 9.77. The van der Waals surface area contributed by atoms with Crippen LogP contribution >= 0.6 is 0 Å². The summed E-state index contributed by atoms with van der Waals surface area (Å²) in [4.78, 5) is 26.5. The summed E-state index contributed by atoms with van der Waals surface area (Å²) in [5.41, 5.74) is 3.52. The van der Waals surface area contributed by atoms with Gasteiger partial charge in [0.2, 0.25) is 11.3 Å². The molecule has 2 atom stereocenters. The molecule has 0 radical (unpaired) electrons. The van der Waals surface area contributed by atoms with Gasteiger partial charge in [-0.1, -0.05) is 30.0 Å². The molecule has 10 nitrogen and oxygen atoms in total. The first kappa shape index (κ1) is 31.0. The molecule has 2 unspecified atom stereocenters. The van der Waals surface area contributed by atoms with Crippen LogP contribution in [0.2, 0.25) is 0 Å². The number of aromatic nitrogens is 1. The topological polar surface area (TPSA) is 116 Å². The smallest absolute Gasteiger partial charge is 0.305 e. The molecule has 1 saturated heterocycles. The summed E-state index contributed by atoms with van der Waals surface area (Å²) in [6.07, 6.45) is 1.59. The Balaban J connectivity index is 1.24. The molecule has 2 N–H and O–H groups in total. The van der Waals surface area contributed by atoms with Gasteiger partial charge in [-0.05, 0) is 72.5 Å². The highest BCUT2D eigenvalue weighted by Gasteiger charge is 2.30. The second-order valence-corrected chi connectivity index (χ2v) is 11.5. The van der Waals surface area contributed by atoms with E-state index in [4.69, 9.17) is 9.84 Å². The highest BCUT2D eigenvalue weighted by atomic mass is 32.2. The third-order valence-electron chi connectivity index (χ3n) is 7.62. The van der Waals surface area contributed by atoms with Crippen LogP contribution in [-0.4, -0.2) is 73.2 Å². The minimum absolute atomic E-state index is 0.0730. The lowest BCUT2D eigenvalue weighted by atomic mass is 10.1. The molecule has 0 saturated carbocycles. The zero-order valence-corrected chi connectivity index (χ0v) is 25.4. The molecule has 0 bridgehead atoms. The predicted molar refractivity (Wildman–Crippen MR) is 171 cm³/mol. The number of aliphatic carboxylic acids is 1. The van der Waals surface area contributed by atoms with Crippen molar-refractivity contribution in [2.24, 2.45) is 0 Å². The maximum absolute atomic E-state index is 13.3. The highest BCUT2D eigenvalue weighted by Crippen LogP contribution is 2.20. The standard InChI is InChI=1S/C33H34N4O6S/c1-24(21-32(38)39)37(44(41)42)36-19-17-34(18-20-36)29-11-6-25(7-12-29)3-4-26-5-10-28-15-16-35(33(40)31(28)22-26)23-27-8-13-30(43-2)14-9-27/h5-16,22,24H,17-21,23H2,1-2H3,(H,38,39)(H,41,42). The normalized spacial score (nSPS) is 15.0. The van der Waals surface area contributed by atoms with Crippen LogP contribution < -0.4 is 15.2 Å². The van der Waals surface area contributed by atoms with Gasteiger partial charge in [0.25, 0.3) is 5.56 Å². The second kappa shape index (κ2) is 13.9. The van der Waals surface area contributed by atoms with Gasteiger partial charge in [0, 0.05) is 60.6 Å². The van der Waals surface area contributed by atoms with Gasteiger partial charge >= 0.3 is 5.97 Å². The molecule has 1 aliphatic rings. The van der Waals surface area contributed by atoms with E-state index >= 15 is 0 Å². The predicted octanol–water partition coefficient (Wildman–Crippen LogP) is 3.80. The van der Waals surface area contributed by atoms with Crippen LogP contribution in [0.15, 0.2) is 83.8 Å². The number of hydrogen-bond donors (Lipinski definition) is 2. The van der Waals surface area contributed by atoms with E-state index in [0.29, 0.717) is 38.1 Å². The van der Waals surface area contributed by atoms with Crippen LogP contribution in [0.25, 0.3) is 10.8 Å². The fourth-order valence-electron chi connectivity index (χ4n) is 5.32. The number of carbonyl (C=O) groups is 1. The van der Waals surface area contributed by atoms with Gasteiger partial charge in [-0.25, -0.2) is 9.22 Å². The molecule has 1 aromatic heterocycles. The number of ether oxygens (including phenoxy) is 1. The van der Waals surface area contributed by atoms with Crippen LogP contribution in [0.4, 0.5) is 5.69 Å². The van der Waals surface area contributed by atoms with Gasteiger partial charge in [-0.2, -0.15) is 0 Å². The fraction of sp³-hybridized carbons (Fsp3) is 0.273. The third-order valence-corrected chi connectivity index (χ3v) is 8.53. The number of hydrazine groups is 1. The number of methoxy groups -OCH3 is 1. The number of nitrogens with zero attached hydrogens (tertiary/aromatic N) is 4. The average Bonchev–Trinajstić information content (AvgIpc) is 3.02. The Morgan fingerprint density at radius 1 is 0.977 bits per heavy atom. The zero-order valence-electron chi connectivity index (χ0n) is 24.6. The summed E-state index contributed by atoms with van der Waals surface area (Å²) < 4.78 is 29.8. The molecule has 1 aliphatic heterocycles. The molecule has 44 heavy (non-hydrogen) atoms. The van der Waals surface area contributed by atoms with Crippen LogP contribution in [-0.2, 0) is 22.6 Å². The quantitative estimate of drug-likeness (QED) is 0.216. The van der Waals surface area contributed by atoms with E-state index in [2.05, 4.69) is 16.7 Å². The van der Waals surface area contributed by atoms with Crippen molar-refractivity contribution < 1.29 is 23.4 Å². The van der Waals surface area contributed by atoms with Crippen molar-refractivity contribution in [2.45, 2.75) is 25.9 Å². The van der Waals surface area contributed by atoms with Gasteiger partial charge in [-0.3, -0.25) is 14.1 Å². The lowest BCUT2D eigenvalue weighted by molar-refractivity contribution is -0.139. The number of hydrogen-bond acceptors (Lipinski definition) is 6. The first-order valence-corrected chi connectivity index (χ1v) is 15.3.